The predicted octanol–water partition coefficient (Wildman–Crippen LogP) is 2.39. The van der Waals surface area contributed by atoms with Crippen LogP contribution < -0.4 is 0 Å². The Hall–Kier alpha value is -1.55. The first-order valence-corrected chi connectivity index (χ1v) is 5.49. The van der Waals surface area contributed by atoms with Crippen molar-refractivity contribution in [2.24, 2.45) is 0 Å². The van der Waals surface area contributed by atoms with Crippen LogP contribution in [0.15, 0.2) is 23.2 Å². The molecule has 76 valence electrons. The molecule has 0 saturated carbocycles. The van der Waals surface area contributed by atoms with E-state index in [-0.39, 0.29) is 5.78 Å². The van der Waals surface area contributed by atoms with Gasteiger partial charge in [0.2, 0.25) is 5.78 Å². The fourth-order valence-electron chi connectivity index (χ4n) is 1.24. The van der Waals surface area contributed by atoms with Crippen LogP contribution in [-0.4, -0.2) is 15.8 Å². The third kappa shape index (κ3) is 1.94. The third-order valence-electron chi connectivity index (χ3n) is 2.27. The minimum Gasteiger partial charge on any atom is -0.287 e. The number of carbonyl (C=O) groups excluding carboxylic acids is 1. The second kappa shape index (κ2) is 3.90. The molecule has 0 aliphatic rings. The van der Waals surface area contributed by atoms with E-state index >= 15 is 0 Å². The molecule has 2 heterocycles. The molecule has 2 rings (SSSR count). The number of rotatable bonds is 2. The molecule has 0 N–H and O–H groups in total. The van der Waals surface area contributed by atoms with Gasteiger partial charge in [-0.1, -0.05) is 0 Å². The van der Waals surface area contributed by atoms with Crippen LogP contribution in [0.3, 0.4) is 0 Å². The van der Waals surface area contributed by atoms with Crippen molar-refractivity contribution in [2.45, 2.75) is 13.8 Å². The molecule has 2 aromatic heterocycles. The Morgan fingerprint density at radius 3 is 2.73 bits per heavy atom. The molecule has 0 atom stereocenters. The smallest absolute Gasteiger partial charge is 0.213 e. The fraction of sp³-hybridized carbons (Fsp3) is 0.182. The van der Waals surface area contributed by atoms with Gasteiger partial charge in [-0.3, -0.25) is 9.78 Å². The molecule has 0 spiro atoms. The van der Waals surface area contributed by atoms with Crippen molar-refractivity contribution >= 4 is 17.1 Å². The summed E-state index contributed by atoms with van der Waals surface area (Å²) in [5.41, 5.74) is 4.72. The van der Waals surface area contributed by atoms with Crippen molar-refractivity contribution in [3.8, 4) is 0 Å². The van der Waals surface area contributed by atoms with E-state index in [9.17, 15) is 4.79 Å². The molecule has 0 aliphatic heterocycles. The van der Waals surface area contributed by atoms with Gasteiger partial charge in [-0.15, -0.1) is 11.3 Å². The van der Waals surface area contributed by atoms with Crippen LogP contribution in [-0.2, 0) is 0 Å². The first kappa shape index (κ1) is 9.98. The van der Waals surface area contributed by atoms with Gasteiger partial charge in [-0.25, -0.2) is 4.98 Å². The van der Waals surface area contributed by atoms with Crippen molar-refractivity contribution in [1.82, 2.24) is 9.97 Å². The minimum atomic E-state index is -0.0631. The molecule has 0 radical (unpaired) electrons. The van der Waals surface area contributed by atoms with Crippen molar-refractivity contribution in [1.29, 1.82) is 0 Å². The number of nitrogens with zero attached hydrogens (tertiary/aromatic N) is 2. The van der Waals surface area contributed by atoms with Crippen LogP contribution in [0.25, 0.3) is 0 Å². The van der Waals surface area contributed by atoms with E-state index in [1.807, 2.05) is 19.9 Å². The zero-order valence-electron chi connectivity index (χ0n) is 8.52. The first-order chi connectivity index (χ1) is 7.18. The van der Waals surface area contributed by atoms with Crippen molar-refractivity contribution in [3.63, 3.8) is 0 Å². The molecule has 0 bridgehead atoms. The molecule has 0 saturated heterocycles. The van der Waals surface area contributed by atoms with Gasteiger partial charge in [0.05, 0.1) is 5.51 Å². The molecule has 0 unspecified atom stereocenters. The summed E-state index contributed by atoms with van der Waals surface area (Å²) in [4.78, 5) is 20.0. The molecule has 0 fully saturated rings. The molecule has 0 aliphatic carbocycles. The Bertz CT molecular complexity index is 491. The highest BCUT2D eigenvalue weighted by Crippen LogP contribution is 2.12. The maximum atomic E-state index is 11.9. The maximum absolute atomic E-state index is 11.9. The predicted molar refractivity (Wildman–Crippen MR) is 59.3 cm³/mol. The second-order valence-corrected chi connectivity index (χ2v) is 4.05. The zero-order chi connectivity index (χ0) is 10.8. The van der Waals surface area contributed by atoms with Gasteiger partial charge in [-0.2, -0.15) is 0 Å². The summed E-state index contributed by atoms with van der Waals surface area (Å²) in [5, 5.41) is 1.75. The highest BCUT2D eigenvalue weighted by atomic mass is 32.1. The highest BCUT2D eigenvalue weighted by Gasteiger charge is 2.11. The summed E-state index contributed by atoms with van der Waals surface area (Å²) in [6.45, 7) is 3.87. The lowest BCUT2D eigenvalue weighted by molar-refractivity contribution is 0.103. The van der Waals surface area contributed by atoms with Crippen LogP contribution in [0.1, 0.15) is 27.3 Å². The number of aryl methyl sites for hydroxylation is 2. The largest absolute Gasteiger partial charge is 0.287 e. The Labute approximate surface area is 91.8 Å². The Morgan fingerprint density at radius 2 is 2.13 bits per heavy atom. The summed E-state index contributed by atoms with van der Waals surface area (Å²) in [6.07, 6.45) is 1.60. The normalized spacial score (nSPS) is 10.3. The van der Waals surface area contributed by atoms with Crippen molar-refractivity contribution in [2.75, 3.05) is 0 Å². The van der Waals surface area contributed by atoms with E-state index in [2.05, 4.69) is 9.97 Å². The van der Waals surface area contributed by atoms with Gasteiger partial charge in [-0.05, 0) is 25.5 Å². The molecule has 0 amide bonds. The summed E-state index contributed by atoms with van der Waals surface area (Å²) >= 11 is 1.42. The number of ketones is 1. The fourth-order valence-corrected chi connectivity index (χ4v) is 1.77. The molecule has 4 heteroatoms. The molecular weight excluding hydrogens is 208 g/mol. The summed E-state index contributed by atoms with van der Waals surface area (Å²) < 4.78 is 0. The van der Waals surface area contributed by atoms with Crippen LogP contribution in [0, 0.1) is 13.8 Å². The number of aromatic nitrogens is 2. The van der Waals surface area contributed by atoms with Crippen LogP contribution >= 0.6 is 11.3 Å². The van der Waals surface area contributed by atoms with Gasteiger partial charge in [0.25, 0.3) is 0 Å². The Morgan fingerprint density at radius 1 is 1.33 bits per heavy atom. The molecule has 3 nitrogen and oxygen atoms in total. The average molecular weight is 218 g/mol. The Kier molecular flexibility index (Phi) is 2.60. The lowest BCUT2D eigenvalue weighted by Crippen LogP contribution is -2.03. The monoisotopic (exact) mass is 218 g/mol. The van der Waals surface area contributed by atoms with Gasteiger partial charge in [0.1, 0.15) is 5.69 Å². The van der Waals surface area contributed by atoms with Crippen LogP contribution in [0.2, 0.25) is 0 Å². The van der Waals surface area contributed by atoms with Gasteiger partial charge >= 0.3 is 0 Å². The molecular formula is C11H10N2OS. The molecule has 2 aromatic rings. The average Bonchev–Trinajstić information content (AvgIpc) is 2.74. The highest BCUT2D eigenvalue weighted by molar-refractivity contribution is 7.07. The summed E-state index contributed by atoms with van der Waals surface area (Å²) in [7, 11) is 0. The van der Waals surface area contributed by atoms with Gasteiger partial charge in [0.15, 0.2) is 0 Å². The lowest BCUT2D eigenvalue weighted by Gasteiger charge is -2.01. The van der Waals surface area contributed by atoms with E-state index in [1.165, 1.54) is 11.3 Å². The minimum absolute atomic E-state index is 0.0631. The molecule has 0 aromatic carbocycles. The third-order valence-corrected chi connectivity index (χ3v) is 2.85. The van der Waals surface area contributed by atoms with E-state index in [1.54, 1.807) is 17.1 Å². The number of pyridine rings is 1. The lowest BCUT2D eigenvalue weighted by atomic mass is 10.1. The summed E-state index contributed by atoms with van der Waals surface area (Å²) in [6, 6.07) is 1.85. The topological polar surface area (TPSA) is 42.9 Å². The van der Waals surface area contributed by atoms with Crippen LogP contribution in [0.5, 0.6) is 0 Å². The first-order valence-electron chi connectivity index (χ1n) is 4.54. The summed E-state index contributed by atoms with van der Waals surface area (Å²) in [5.74, 6) is -0.0631. The molecule has 15 heavy (non-hydrogen) atoms. The Balaban J connectivity index is 2.39. The van der Waals surface area contributed by atoms with Gasteiger partial charge < -0.3 is 0 Å². The standard InChI is InChI=1S/C11H10N2OS/c1-7-3-9(4-12-8(7)2)11(14)10-5-15-6-13-10/h3-6H,1-2H3. The van der Waals surface area contributed by atoms with Gasteiger partial charge in [0, 0.05) is 22.8 Å². The second-order valence-electron chi connectivity index (χ2n) is 3.33. The number of hydrogen-bond donors (Lipinski definition) is 0. The van der Waals surface area contributed by atoms with E-state index in [0.717, 1.165) is 11.3 Å². The number of carbonyl (C=O) groups is 1. The maximum Gasteiger partial charge on any atom is 0.213 e. The quantitative estimate of drug-likeness (QED) is 0.727. The number of thiazole rings is 1. The van der Waals surface area contributed by atoms with Crippen molar-refractivity contribution < 1.29 is 4.79 Å². The zero-order valence-corrected chi connectivity index (χ0v) is 9.34. The van der Waals surface area contributed by atoms with E-state index < -0.39 is 0 Å². The number of hydrogen-bond acceptors (Lipinski definition) is 4. The van der Waals surface area contributed by atoms with E-state index in [0.29, 0.717) is 11.3 Å². The SMILES string of the molecule is Cc1cc(C(=O)c2cscn2)cnc1C. The van der Waals surface area contributed by atoms with Crippen LogP contribution in [0.4, 0.5) is 0 Å². The van der Waals surface area contributed by atoms with E-state index in [4.69, 9.17) is 0 Å². The van der Waals surface area contributed by atoms with Crippen molar-refractivity contribution in [3.05, 3.63) is 45.7 Å².